The highest BCUT2D eigenvalue weighted by Gasteiger charge is 2.29. The van der Waals surface area contributed by atoms with Crippen LogP contribution in [0.3, 0.4) is 0 Å². The van der Waals surface area contributed by atoms with Gasteiger partial charge in [-0.1, -0.05) is 38.6 Å². The van der Waals surface area contributed by atoms with Crippen LogP contribution in [0.1, 0.15) is 51.1 Å². The molecule has 1 saturated carbocycles. The van der Waals surface area contributed by atoms with Crippen molar-refractivity contribution in [3.05, 3.63) is 54.4 Å². The summed E-state index contributed by atoms with van der Waals surface area (Å²) in [5, 5.41) is 22.1. The number of nitriles is 1. The summed E-state index contributed by atoms with van der Waals surface area (Å²) in [5.41, 5.74) is 7.94. The van der Waals surface area contributed by atoms with E-state index >= 15 is 0 Å². The van der Waals surface area contributed by atoms with Crippen molar-refractivity contribution in [3.63, 3.8) is 0 Å². The Hall–Kier alpha value is -3.26. The lowest BCUT2D eigenvalue weighted by molar-refractivity contribution is 0.637. The molecule has 5 rings (SSSR count). The molecule has 0 amide bonds. The van der Waals surface area contributed by atoms with Gasteiger partial charge in [0.05, 0.1) is 41.6 Å². The van der Waals surface area contributed by atoms with Crippen molar-refractivity contribution in [1.29, 1.82) is 5.26 Å². The normalized spacial score (nSPS) is 15.2. The van der Waals surface area contributed by atoms with Gasteiger partial charge in [0, 0.05) is 35.5 Å². The number of rotatable bonds is 4. The fraction of sp³-hybridized carbons (Fsp3) is 0.360. The molecule has 1 aliphatic heterocycles. The van der Waals surface area contributed by atoms with Crippen molar-refractivity contribution in [2.45, 2.75) is 52.0 Å². The third-order valence-electron chi connectivity index (χ3n) is 5.59. The first-order chi connectivity index (χ1) is 14.7. The maximum absolute atomic E-state index is 8.96. The molecule has 0 atom stereocenters. The van der Waals surface area contributed by atoms with Crippen LogP contribution in [-0.2, 0) is 6.54 Å². The quantitative estimate of drug-likeness (QED) is 0.543. The second-order valence-electron chi connectivity index (χ2n) is 7.66. The summed E-state index contributed by atoms with van der Waals surface area (Å²) in [5.74, 6) is 0.567. The number of para-hydroxylation sites is 1. The minimum absolute atomic E-state index is 0.480. The average Bonchev–Trinajstić information content (AvgIpc) is 3.58. The molecule has 30 heavy (non-hydrogen) atoms. The van der Waals surface area contributed by atoms with E-state index in [4.69, 9.17) is 10.4 Å². The smallest absolute Gasteiger partial charge is 0.0734 e. The standard InChI is InChI=1S/C23H23N5.C2H6/c1-15-10-12-25-23-18(4-2-5-20(23)26-15)17-8-9-21-19(14-17)22(16-6-7-16)27-28(21)13-3-11-24;1-2/h2,4-5,8-9,14,16,25-26H,1,3,6-7,10,12-13H2;1-2H3. The zero-order valence-corrected chi connectivity index (χ0v) is 17.8. The van der Waals surface area contributed by atoms with E-state index in [9.17, 15) is 0 Å². The molecule has 0 bridgehead atoms. The summed E-state index contributed by atoms with van der Waals surface area (Å²) in [6.07, 6.45) is 3.81. The molecule has 0 spiro atoms. The zero-order valence-electron chi connectivity index (χ0n) is 17.8. The van der Waals surface area contributed by atoms with Gasteiger partial charge >= 0.3 is 0 Å². The van der Waals surface area contributed by atoms with E-state index in [1.54, 1.807) is 0 Å². The van der Waals surface area contributed by atoms with Gasteiger partial charge in [0.25, 0.3) is 0 Å². The van der Waals surface area contributed by atoms with Gasteiger partial charge < -0.3 is 10.6 Å². The molecule has 0 radical (unpaired) electrons. The van der Waals surface area contributed by atoms with Gasteiger partial charge in [0.15, 0.2) is 0 Å². The van der Waals surface area contributed by atoms with Gasteiger partial charge in [0.2, 0.25) is 0 Å². The topological polar surface area (TPSA) is 65.7 Å². The molecule has 5 heteroatoms. The number of hydrogen-bond acceptors (Lipinski definition) is 4. The molecule has 1 aliphatic carbocycles. The number of nitrogens with zero attached hydrogens (tertiary/aromatic N) is 3. The van der Waals surface area contributed by atoms with Crippen molar-refractivity contribution in [2.75, 3.05) is 17.2 Å². The van der Waals surface area contributed by atoms with Gasteiger partial charge in [-0.3, -0.25) is 4.68 Å². The summed E-state index contributed by atoms with van der Waals surface area (Å²) in [6, 6.07) is 15.2. The predicted molar refractivity (Wildman–Crippen MR) is 125 cm³/mol. The third-order valence-corrected chi connectivity index (χ3v) is 5.59. The summed E-state index contributed by atoms with van der Waals surface area (Å²) >= 11 is 0. The number of nitrogens with one attached hydrogen (secondary N) is 2. The summed E-state index contributed by atoms with van der Waals surface area (Å²) in [6.45, 7) is 9.62. The number of anilines is 2. The van der Waals surface area contributed by atoms with E-state index in [0.717, 1.165) is 35.6 Å². The molecule has 1 fully saturated rings. The van der Waals surface area contributed by atoms with Crippen molar-refractivity contribution < 1.29 is 0 Å². The monoisotopic (exact) mass is 399 g/mol. The lowest BCUT2D eigenvalue weighted by atomic mass is 9.99. The average molecular weight is 400 g/mol. The Morgan fingerprint density at radius 1 is 1.23 bits per heavy atom. The number of benzene rings is 2. The highest BCUT2D eigenvalue weighted by molar-refractivity contribution is 5.93. The predicted octanol–water partition coefficient (Wildman–Crippen LogP) is 6.26. The first kappa shape index (κ1) is 20.0. The Morgan fingerprint density at radius 3 is 2.83 bits per heavy atom. The van der Waals surface area contributed by atoms with Crippen molar-refractivity contribution in [1.82, 2.24) is 9.78 Å². The maximum atomic E-state index is 8.96. The van der Waals surface area contributed by atoms with E-state index in [-0.39, 0.29) is 0 Å². The van der Waals surface area contributed by atoms with Gasteiger partial charge in [0.1, 0.15) is 0 Å². The van der Waals surface area contributed by atoms with Gasteiger partial charge in [-0.05, 0) is 36.6 Å². The lowest BCUT2D eigenvalue weighted by Crippen LogP contribution is -2.01. The second-order valence-corrected chi connectivity index (χ2v) is 7.66. The van der Waals surface area contributed by atoms with Crippen molar-refractivity contribution in [2.24, 2.45) is 0 Å². The van der Waals surface area contributed by atoms with E-state index in [1.165, 1.54) is 35.0 Å². The molecule has 2 heterocycles. The van der Waals surface area contributed by atoms with Crippen LogP contribution in [-0.4, -0.2) is 16.3 Å². The lowest BCUT2D eigenvalue weighted by Gasteiger charge is -2.14. The summed E-state index contributed by atoms with van der Waals surface area (Å²) in [4.78, 5) is 0. The fourth-order valence-corrected chi connectivity index (χ4v) is 4.04. The molecule has 2 N–H and O–H groups in total. The molecule has 2 aromatic carbocycles. The van der Waals surface area contributed by atoms with E-state index in [2.05, 4.69) is 59.7 Å². The van der Waals surface area contributed by atoms with E-state index < -0.39 is 0 Å². The van der Waals surface area contributed by atoms with E-state index in [0.29, 0.717) is 18.9 Å². The maximum Gasteiger partial charge on any atom is 0.0734 e. The van der Waals surface area contributed by atoms with Crippen LogP contribution >= 0.6 is 0 Å². The Kier molecular flexibility index (Phi) is 5.76. The van der Waals surface area contributed by atoms with Crippen LogP contribution in [0.2, 0.25) is 0 Å². The summed E-state index contributed by atoms with van der Waals surface area (Å²) in [7, 11) is 0. The Bertz CT molecular complexity index is 1110. The van der Waals surface area contributed by atoms with Crippen LogP contribution in [0.5, 0.6) is 0 Å². The van der Waals surface area contributed by atoms with Crippen LogP contribution < -0.4 is 10.6 Å². The Labute approximate surface area is 178 Å². The highest BCUT2D eigenvalue weighted by atomic mass is 15.3. The summed E-state index contributed by atoms with van der Waals surface area (Å²) < 4.78 is 2.01. The number of hydrogen-bond donors (Lipinski definition) is 2. The number of fused-ring (bicyclic) bond motifs is 2. The van der Waals surface area contributed by atoms with Gasteiger partial charge in [-0.2, -0.15) is 10.4 Å². The van der Waals surface area contributed by atoms with Crippen LogP contribution in [0.4, 0.5) is 11.4 Å². The SMILES string of the molecule is C=C1CCNc2c(cccc2-c2ccc3c(c2)c(C2CC2)nn3CCC#N)N1.CC. The molecular formula is C25H29N5. The highest BCUT2D eigenvalue weighted by Crippen LogP contribution is 2.44. The van der Waals surface area contributed by atoms with Gasteiger partial charge in [-0.15, -0.1) is 0 Å². The van der Waals surface area contributed by atoms with E-state index in [1.807, 2.05) is 18.5 Å². The molecule has 154 valence electrons. The zero-order chi connectivity index (χ0) is 21.1. The minimum Gasteiger partial charge on any atom is -0.382 e. The molecule has 2 aliphatic rings. The van der Waals surface area contributed by atoms with Crippen LogP contribution in [0.15, 0.2) is 48.7 Å². The van der Waals surface area contributed by atoms with Crippen LogP contribution in [0, 0.1) is 11.3 Å². The van der Waals surface area contributed by atoms with Crippen LogP contribution in [0.25, 0.3) is 22.0 Å². The molecule has 0 unspecified atom stereocenters. The first-order valence-electron chi connectivity index (χ1n) is 10.9. The van der Waals surface area contributed by atoms with Crippen molar-refractivity contribution in [3.8, 4) is 17.2 Å². The number of aromatic nitrogens is 2. The number of aryl methyl sites for hydroxylation is 1. The Balaban J connectivity index is 0.00000106. The van der Waals surface area contributed by atoms with Crippen molar-refractivity contribution >= 4 is 22.3 Å². The first-order valence-corrected chi connectivity index (χ1v) is 10.9. The molecule has 3 aromatic rings. The third kappa shape index (κ3) is 3.78. The molecule has 5 nitrogen and oxygen atoms in total. The minimum atomic E-state index is 0.480. The molecular weight excluding hydrogens is 370 g/mol. The van der Waals surface area contributed by atoms with Gasteiger partial charge in [-0.25, -0.2) is 0 Å². The fourth-order valence-electron chi connectivity index (χ4n) is 4.04. The molecule has 1 aromatic heterocycles. The largest absolute Gasteiger partial charge is 0.382 e. The molecule has 0 saturated heterocycles. The second kappa shape index (κ2) is 8.62. The Morgan fingerprint density at radius 2 is 2.07 bits per heavy atom.